The number of hydrogen-bond acceptors (Lipinski definition) is 2. The van der Waals surface area contributed by atoms with E-state index in [1.165, 1.54) is 10.8 Å². The van der Waals surface area contributed by atoms with E-state index in [0.717, 1.165) is 11.1 Å². The van der Waals surface area contributed by atoms with Crippen LogP contribution in [-0.2, 0) is 11.2 Å². The van der Waals surface area contributed by atoms with Crippen molar-refractivity contribution >= 4 is 16.7 Å². The fraction of sp³-hybridized carbons (Fsp3) is 0.105. The fourth-order valence-electron chi connectivity index (χ4n) is 2.96. The van der Waals surface area contributed by atoms with E-state index in [2.05, 4.69) is 30.3 Å². The Morgan fingerprint density at radius 1 is 0.857 bits per heavy atom. The molecule has 3 aromatic carbocycles. The molecule has 0 saturated heterocycles. The van der Waals surface area contributed by atoms with Crippen LogP contribution in [0.5, 0.6) is 5.75 Å². The fourth-order valence-corrected chi connectivity index (χ4v) is 2.96. The van der Waals surface area contributed by atoms with E-state index < -0.39 is 0 Å². The minimum absolute atomic E-state index is 0.149. The first kappa shape index (κ1) is 12.2. The molecule has 1 aliphatic heterocycles. The number of carbonyl (C=O) groups excluding carboxylic acids is 1. The minimum atomic E-state index is -0.192. The van der Waals surface area contributed by atoms with Gasteiger partial charge in [0.25, 0.3) is 0 Å². The first-order valence-electron chi connectivity index (χ1n) is 7.09. The Bertz CT molecular complexity index is 836. The number of fused-ring (bicyclic) bond motifs is 2. The summed E-state index contributed by atoms with van der Waals surface area (Å²) >= 11 is 0. The number of hydrogen-bond donors (Lipinski definition) is 0. The lowest BCUT2D eigenvalue weighted by molar-refractivity contribution is -0.134. The summed E-state index contributed by atoms with van der Waals surface area (Å²) in [6.45, 7) is 0. The molecule has 1 heterocycles. The smallest absolute Gasteiger partial charge is 0.319 e. The molecule has 0 fully saturated rings. The third-order valence-electron chi connectivity index (χ3n) is 4.04. The maximum Gasteiger partial charge on any atom is 0.319 e. The molecule has 21 heavy (non-hydrogen) atoms. The second kappa shape index (κ2) is 4.74. The third kappa shape index (κ3) is 2.09. The summed E-state index contributed by atoms with van der Waals surface area (Å²) in [6.07, 6.45) is 0.681. The van der Waals surface area contributed by atoms with Crippen LogP contribution in [-0.4, -0.2) is 5.97 Å². The molecule has 1 unspecified atom stereocenters. The van der Waals surface area contributed by atoms with Crippen LogP contribution in [0, 0.1) is 0 Å². The molecular weight excluding hydrogens is 260 g/mol. The molecule has 1 aliphatic rings. The predicted octanol–water partition coefficient (Wildman–Crippen LogP) is 4.09. The zero-order valence-corrected chi connectivity index (χ0v) is 11.5. The molecule has 0 radical (unpaired) electrons. The van der Waals surface area contributed by atoms with Crippen LogP contribution in [0.4, 0.5) is 0 Å². The zero-order valence-electron chi connectivity index (χ0n) is 11.5. The Labute approximate surface area is 123 Å². The Morgan fingerprint density at radius 3 is 2.52 bits per heavy atom. The highest BCUT2D eigenvalue weighted by Crippen LogP contribution is 2.36. The van der Waals surface area contributed by atoms with Crippen molar-refractivity contribution in [3.63, 3.8) is 0 Å². The normalized spacial score (nSPS) is 16.8. The topological polar surface area (TPSA) is 26.3 Å². The van der Waals surface area contributed by atoms with Crippen molar-refractivity contribution in [2.45, 2.75) is 12.3 Å². The van der Waals surface area contributed by atoms with E-state index in [4.69, 9.17) is 4.74 Å². The second-order valence-electron chi connectivity index (χ2n) is 5.40. The predicted molar refractivity (Wildman–Crippen MR) is 82.5 cm³/mol. The Morgan fingerprint density at radius 2 is 1.62 bits per heavy atom. The first-order chi connectivity index (χ1) is 10.3. The van der Waals surface area contributed by atoms with Crippen LogP contribution in [0.25, 0.3) is 10.8 Å². The van der Waals surface area contributed by atoms with Gasteiger partial charge >= 0.3 is 5.97 Å². The number of esters is 1. The quantitative estimate of drug-likeness (QED) is 0.520. The van der Waals surface area contributed by atoms with Crippen molar-refractivity contribution in [1.82, 2.24) is 0 Å². The number of rotatable bonds is 2. The molecule has 102 valence electrons. The van der Waals surface area contributed by atoms with Crippen molar-refractivity contribution in [2.75, 3.05) is 0 Å². The highest BCUT2D eigenvalue weighted by atomic mass is 16.5. The molecule has 4 rings (SSSR count). The van der Waals surface area contributed by atoms with Crippen LogP contribution >= 0.6 is 0 Å². The first-order valence-corrected chi connectivity index (χ1v) is 7.09. The van der Waals surface area contributed by atoms with Crippen molar-refractivity contribution in [2.24, 2.45) is 0 Å². The van der Waals surface area contributed by atoms with E-state index in [9.17, 15) is 4.79 Å². The van der Waals surface area contributed by atoms with Crippen LogP contribution in [0.1, 0.15) is 17.0 Å². The van der Waals surface area contributed by atoms with Gasteiger partial charge in [-0.15, -0.1) is 0 Å². The van der Waals surface area contributed by atoms with Gasteiger partial charge in [-0.2, -0.15) is 0 Å². The van der Waals surface area contributed by atoms with Crippen molar-refractivity contribution in [3.8, 4) is 5.75 Å². The molecule has 0 aromatic heterocycles. The van der Waals surface area contributed by atoms with E-state index in [1.807, 2.05) is 36.4 Å². The average molecular weight is 274 g/mol. The van der Waals surface area contributed by atoms with E-state index in [-0.39, 0.29) is 11.9 Å². The summed E-state index contributed by atoms with van der Waals surface area (Å²) in [5.41, 5.74) is 2.16. The van der Waals surface area contributed by atoms with Gasteiger partial charge in [0.05, 0.1) is 5.92 Å². The summed E-state index contributed by atoms with van der Waals surface area (Å²) in [6, 6.07) is 22.3. The van der Waals surface area contributed by atoms with Gasteiger partial charge in [0.1, 0.15) is 5.75 Å². The SMILES string of the molecule is O=C1Oc2ccccc2C1Cc1ccc2ccccc2c1. The Hall–Kier alpha value is -2.61. The highest BCUT2D eigenvalue weighted by Gasteiger charge is 2.32. The second-order valence-corrected chi connectivity index (χ2v) is 5.40. The molecule has 1 atom stereocenters. The maximum atomic E-state index is 12.1. The summed E-state index contributed by atoms with van der Waals surface area (Å²) < 4.78 is 5.34. The molecular formula is C19H14O2. The summed E-state index contributed by atoms with van der Waals surface area (Å²) in [4.78, 5) is 12.1. The monoisotopic (exact) mass is 274 g/mol. The molecule has 0 saturated carbocycles. The van der Waals surface area contributed by atoms with Gasteiger partial charge in [0.2, 0.25) is 0 Å². The third-order valence-corrected chi connectivity index (χ3v) is 4.04. The van der Waals surface area contributed by atoms with Crippen LogP contribution in [0.15, 0.2) is 66.7 Å². The lowest BCUT2D eigenvalue weighted by Gasteiger charge is -2.08. The summed E-state index contributed by atoms with van der Waals surface area (Å²) in [5, 5.41) is 2.42. The molecule has 0 N–H and O–H groups in total. The number of ether oxygens (including phenoxy) is 1. The largest absolute Gasteiger partial charge is 0.426 e. The number of para-hydroxylation sites is 1. The molecule has 0 amide bonds. The van der Waals surface area contributed by atoms with Crippen molar-refractivity contribution in [3.05, 3.63) is 77.9 Å². The Balaban J connectivity index is 1.70. The zero-order chi connectivity index (χ0) is 14.2. The summed E-state index contributed by atoms with van der Waals surface area (Å²) in [7, 11) is 0. The van der Waals surface area contributed by atoms with Crippen molar-refractivity contribution in [1.29, 1.82) is 0 Å². The van der Waals surface area contributed by atoms with Gasteiger partial charge in [0, 0.05) is 5.56 Å². The Kier molecular flexibility index (Phi) is 2.74. The lowest BCUT2D eigenvalue weighted by Crippen LogP contribution is -2.12. The van der Waals surface area contributed by atoms with E-state index >= 15 is 0 Å². The van der Waals surface area contributed by atoms with Gasteiger partial charge in [-0.1, -0.05) is 60.7 Å². The lowest BCUT2D eigenvalue weighted by atomic mass is 9.92. The van der Waals surface area contributed by atoms with Crippen LogP contribution in [0.3, 0.4) is 0 Å². The number of benzene rings is 3. The summed E-state index contributed by atoms with van der Waals surface area (Å²) in [5.74, 6) is 0.361. The van der Waals surface area contributed by atoms with E-state index in [0.29, 0.717) is 12.2 Å². The maximum absolute atomic E-state index is 12.1. The van der Waals surface area contributed by atoms with Gasteiger partial charge in [0.15, 0.2) is 0 Å². The molecule has 3 aromatic rings. The van der Waals surface area contributed by atoms with Crippen LogP contribution in [0.2, 0.25) is 0 Å². The molecule has 2 heteroatoms. The molecule has 2 nitrogen and oxygen atoms in total. The van der Waals surface area contributed by atoms with Gasteiger partial charge in [-0.05, 0) is 28.8 Å². The highest BCUT2D eigenvalue weighted by molar-refractivity contribution is 5.87. The van der Waals surface area contributed by atoms with Crippen molar-refractivity contribution < 1.29 is 9.53 Å². The number of carbonyl (C=O) groups is 1. The van der Waals surface area contributed by atoms with Gasteiger partial charge < -0.3 is 4.74 Å². The van der Waals surface area contributed by atoms with Crippen LogP contribution < -0.4 is 4.74 Å². The van der Waals surface area contributed by atoms with Gasteiger partial charge in [-0.25, -0.2) is 0 Å². The standard InChI is InChI=1S/C19H14O2/c20-19-17(16-7-3-4-8-18(16)21-19)12-13-9-10-14-5-1-2-6-15(14)11-13/h1-11,17H,12H2. The minimum Gasteiger partial charge on any atom is -0.426 e. The molecule has 0 bridgehead atoms. The van der Waals surface area contributed by atoms with Gasteiger partial charge in [-0.3, -0.25) is 4.79 Å². The average Bonchev–Trinajstić information content (AvgIpc) is 2.83. The van der Waals surface area contributed by atoms with E-state index in [1.54, 1.807) is 0 Å². The molecule has 0 aliphatic carbocycles. The molecule has 0 spiro atoms.